The number of nitrogens with one attached hydrogen (secondary N) is 1. The normalized spacial score (nSPS) is 11.2. The molecule has 0 spiro atoms. The highest BCUT2D eigenvalue weighted by Gasteiger charge is 2.22. The van der Waals surface area contributed by atoms with Gasteiger partial charge in [-0.1, -0.05) is 24.3 Å². The molecule has 3 aromatic carbocycles. The Labute approximate surface area is 191 Å². The largest absolute Gasteiger partial charge is 0.322 e. The first-order valence-electron chi connectivity index (χ1n) is 10.0. The molecule has 0 aliphatic carbocycles. The van der Waals surface area contributed by atoms with Crippen molar-refractivity contribution in [1.82, 2.24) is 9.78 Å². The molecule has 1 aromatic heterocycles. The van der Waals surface area contributed by atoms with Crippen LogP contribution in [-0.2, 0) is 10.0 Å². The lowest BCUT2D eigenvalue weighted by Gasteiger charge is -2.19. The van der Waals surface area contributed by atoms with Crippen LogP contribution in [0.1, 0.15) is 16.1 Å². The Kier molecular flexibility index (Phi) is 5.97. The van der Waals surface area contributed by atoms with E-state index in [-0.39, 0.29) is 10.7 Å². The molecule has 1 amide bonds. The average Bonchev–Trinajstić information content (AvgIpc) is 3.21. The van der Waals surface area contributed by atoms with Crippen LogP contribution in [0.15, 0.2) is 90.0 Å². The number of aromatic nitrogens is 2. The second-order valence-electron chi connectivity index (χ2n) is 7.32. The summed E-state index contributed by atoms with van der Waals surface area (Å²) in [4.78, 5) is 12.9. The minimum Gasteiger partial charge on any atom is -0.322 e. The van der Waals surface area contributed by atoms with Gasteiger partial charge >= 0.3 is 0 Å². The number of rotatable bonds is 6. The maximum atomic E-state index is 13.2. The Bertz CT molecular complexity index is 1400. The molecule has 1 heterocycles. The highest BCUT2D eigenvalue weighted by atomic mass is 32.2. The second kappa shape index (κ2) is 8.87. The first-order valence-corrected chi connectivity index (χ1v) is 11.5. The van der Waals surface area contributed by atoms with Crippen molar-refractivity contribution >= 4 is 27.3 Å². The van der Waals surface area contributed by atoms with Crippen LogP contribution >= 0.6 is 0 Å². The summed E-state index contributed by atoms with van der Waals surface area (Å²) in [5, 5.41) is 6.95. The Balaban J connectivity index is 1.57. The zero-order chi connectivity index (χ0) is 23.6. The summed E-state index contributed by atoms with van der Waals surface area (Å²) in [5.74, 6) is -0.805. The molecule has 0 saturated carbocycles. The smallest absolute Gasteiger partial charge is 0.264 e. The number of amides is 1. The van der Waals surface area contributed by atoms with Gasteiger partial charge < -0.3 is 5.32 Å². The molecular weight excluding hydrogens is 443 g/mol. The van der Waals surface area contributed by atoms with Gasteiger partial charge in [-0.2, -0.15) is 5.10 Å². The molecule has 0 unspecified atom stereocenters. The van der Waals surface area contributed by atoms with Gasteiger partial charge in [-0.25, -0.2) is 17.5 Å². The van der Waals surface area contributed by atoms with E-state index in [0.29, 0.717) is 28.3 Å². The molecule has 168 valence electrons. The van der Waals surface area contributed by atoms with E-state index < -0.39 is 15.9 Å². The third kappa shape index (κ3) is 4.49. The minimum absolute atomic E-state index is 0.0467. The molecule has 0 atom stereocenters. The molecule has 4 rings (SSSR count). The van der Waals surface area contributed by atoms with E-state index in [9.17, 15) is 17.6 Å². The summed E-state index contributed by atoms with van der Waals surface area (Å²) in [5.41, 5.74) is 2.35. The Hall–Kier alpha value is -3.98. The van der Waals surface area contributed by atoms with Crippen LogP contribution in [0.3, 0.4) is 0 Å². The molecule has 0 saturated heterocycles. The Morgan fingerprint density at radius 2 is 1.70 bits per heavy atom. The van der Waals surface area contributed by atoms with Crippen molar-refractivity contribution in [2.45, 2.75) is 11.8 Å². The predicted octanol–water partition coefficient (Wildman–Crippen LogP) is 4.40. The van der Waals surface area contributed by atoms with Crippen molar-refractivity contribution < 1.29 is 17.6 Å². The Morgan fingerprint density at radius 1 is 1.00 bits per heavy atom. The van der Waals surface area contributed by atoms with Crippen LogP contribution in [0.4, 0.5) is 15.8 Å². The van der Waals surface area contributed by atoms with E-state index in [0.717, 1.165) is 0 Å². The van der Waals surface area contributed by atoms with E-state index in [4.69, 9.17) is 0 Å². The molecule has 0 fully saturated rings. The molecule has 9 heteroatoms. The number of carbonyl (C=O) groups is 1. The van der Waals surface area contributed by atoms with E-state index in [2.05, 4.69) is 10.4 Å². The number of nitrogens with zero attached hydrogens (tertiary/aromatic N) is 3. The third-order valence-electron chi connectivity index (χ3n) is 5.20. The van der Waals surface area contributed by atoms with Gasteiger partial charge in [0, 0.05) is 12.7 Å². The maximum absolute atomic E-state index is 13.2. The molecule has 0 bridgehead atoms. The topological polar surface area (TPSA) is 84.3 Å². The second-order valence-corrected chi connectivity index (χ2v) is 9.29. The molecular formula is C24H21FN4O3S. The van der Waals surface area contributed by atoms with E-state index in [1.807, 2.05) is 0 Å². The van der Waals surface area contributed by atoms with Gasteiger partial charge in [0.25, 0.3) is 15.9 Å². The number of hydrogen-bond donors (Lipinski definition) is 1. The minimum atomic E-state index is -3.82. The fourth-order valence-corrected chi connectivity index (χ4v) is 4.58. The quantitative estimate of drug-likeness (QED) is 0.459. The molecule has 7 nitrogen and oxygen atoms in total. The van der Waals surface area contributed by atoms with Crippen molar-refractivity contribution in [2.24, 2.45) is 0 Å². The highest BCUT2D eigenvalue weighted by Crippen LogP contribution is 2.24. The van der Waals surface area contributed by atoms with E-state index in [1.165, 1.54) is 46.5 Å². The first kappa shape index (κ1) is 22.2. The van der Waals surface area contributed by atoms with Crippen LogP contribution in [0, 0.1) is 12.7 Å². The van der Waals surface area contributed by atoms with Gasteiger partial charge in [0.1, 0.15) is 5.82 Å². The summed E-state index contributed by atoms with van der Waals surface area (Å²) < 4.78 is 42.0. The van der Waals surface area contributed by atoms with Crippen molar-refractivity contribution in [2.75, 3.05) is 16.7 Å². The van der Waals surface area contributed by atoms with Crippen LogP contribution in [0.2, 0.25) is 0 Å². The fraction of sp³-hybridized carbons (Fsp3) is 0.0833. The lowest BCUT2D eigenvalue weighted by Crippen LogP contribution is -2.26. The molecule has 1 N–H and O–H groups in total. The number of sulfonamides is 1. The molecule has 4 aromatic rings. The summed E-state index contributed by atoms with van der Waals surface area (Å²) in [6.07, 6.45) is 1.41. The summed E-state index contributed by atoms with van der Waals surface area (Å²) >= 11 is 0. The lowest BCUT2D eigenvalue weighted by atomic mass is 10.2. The van der Waals surface area contributed by atoms with Crippen LogP contribution in [0.5, 0.6) is 0 Å². The average molecular weight is 465 g/mol. The highest BCUT2D eigenvalue weighted by molar-refractivity contribution is 7.92. The van der Waals surface area contributed by atoms with Gasteiger partial charge in [-0.3, -0.25) is 9.10 Å². The van der Waals surface area contributed by atoms with Crippen LogP contribution < -0.4 is 9.62 Å². The maximum Gasteiger partial charge on any atom is 0.264 e. The number of para-hydroxylation sites is 1. The van der Waals surface area contributed by atoms with Gasteiger partial charge in [0.15, 0.2) is 0 Å². The lowest BCUT2D eigenvalue weighted by molar-refractivity contribution is 0.102. The number of anilines is 2. The van der Waals surface area contributed by atoms with Crippen LogP contribution in [0.25, 0.3) is 5.69 Å². The SMILES string of the molecule is Cc1c(C(=O)Nc2cccc(S(=O)(=O)N(C)c3ccccc3)c2)cnn1-c1ccc(F)cc1. The predicted molar refractivity (Wildman–Crippen MR) is 125 cm³/mol. The van der Waals surface area contributed by atoms with Crippen molar-refractivity contribution in [3.8, 4) is 5.69 Å². The van der Waals surface area contributed by atoms with Crippen LogP contribution in [-0.4, -0.2) is 31.2 Å². The molecule has 0 radical (unpaired) electrons. The third-order valence-corrected chi connectivity index (χ3v) is 6.98. The van der Waals surface area contributed by atoms with Gasteiger partial charge in [-0.15, -0.1) is 0 Å². The van der Waals surface area contributed by atoms with Crippen molar-refractivity contribution in [3.63, 3.8) is 0 Å². The monoisotopic (exact) mass is 464 g/mol. The molecule has 33 heavy (non-hydrogen) atoms. The molecule has 0 aliphatic rings. The number of benzene rings is 3. The standard InChI is InChI=1S/C24H21FN4O3S/c1-17-23(16-26-29(17)21-13-11-18(25)12-14-21)24(30)27-19-7-6-10-22(15-19)33(31,32)28(2)20-8-4-3-5-9-20/h3-16H,1-2H3,(H,27,30). The van der Waals surface area contributed by atoms with Crippen molar-refractivity contribution in [1.29, 1.82) is 0 Å². The zero-order valence-electron chi connectivity index (χ0n) is 17.9. The number of carbonyl (C=O) groups excluding carboxylic acids is 1. The van der Waals surface area contributed by atoms with Gasteiger partial charge in [0.2, 0.25) is 0 Å². The van der Waals surface area contributed by atoms with Crippen molar-refractivity contribution in [3.05, 3.63) is 102 Å². The summed E-state index contributed by atoms with van der Waals surface area (Å²) in [7, 11) is -2.35. The van der Waals surface area contributed by atoms with E-state index >= 15 is 0 Å². The zero-order valence-corrected chi connectivity index (χ0v) is 18.8. The summed E-state index contributed by atoms with van der Waals surface area (Å²) in [6.45, 7) is 1.72. The Morgan fingerprint density at radius 3 is 2.39 bits per heavy atom. The summed E-state index contributed by atoms with van der Waals surface area (Å²) in [6, 6.07) is 20.5. The van der Waals surface area contributed by atoms with Gasteiger partial charge in [-0.05, 0) is 61.5 Å². The number of hydrogen-bond acceptors (Lipinski definition) is 4. The van der Waals surface area contributed by atoms with Gasteiger partial charge in [0.05, 0.1) is 33.7 Å². The molecule has 0 aliphatic heterocycles. The number of halogens is 1. The first-order chi connectivity index (χ1) is 15.8. The fourth-order valence-electron chi connectivity index (χ4n) is 3.34. The van der Waals surface area contributed by atoms with E-state index in [1.54, 1.807) is 61.5 Å².